The molecule has 1 aromatic heterocycles. The van der Waals surface area contributed by atoms with Gasteiger partial charge in [-0.25, -0.2) is 0 Å². The number of nitrogens with zero attached hydrogens (tertiary/aromatic N) is 2. The first-order valence-electron chi connectivity index (χ1n) is 5.82. The van der Waals surface area contributed by atoms with Gasteiger partial charge in [-0.15, -0.1) is 0 Å². The van der Waals surface area contributed by atoms with Crippen molar-refractivity contribution in [2.75, 3.05) is 0 Å². The Kier molecular flexibility index (Phi) is 3.09. The van der Waals surface area contributed by atoms with Crippen LogP contribution in [0.25, 0.3) is 0 Å². The smallest absolute Gasteiger partial charge is 0.255 e. The standard InChI is InChI=1S/C13H16N2O/c1-10-6-7-11(8-9-14)13(16)15(10)12-4-2-3-5-12/h6-7,12H,2-5,8H2,1H3. The van der Waals surface area contributed by atoms with Crippen LogP contribution in [0.3, 0.4) is 0 Å². The van der Waals surface area contributed by atoms with Gasteiger partial charge < -0.3 is 4.57 Å². The third kappa shape index (κ3) is 1.88. The van der Waals surface area contributed by atoms with Crippen molar-refractivity contribution in [2.24, 2.45) is 0 Å². The molecule has 1 fully saturated rings. The van der Waals surface area contributed by atoms with Gasteiger partial charge in [-0.05, 0) is 25.8 Å². The van der Waals surface area contributed by atoms with Crippen LogP contribution in [0.2, 0.25) is 0 Å². The van der Waals surface area contributed by atoms with Crippen LogP contribution in [0.5, 0.6) is 0 Å². The second kappa shape index (κ2) is 4.52. The van der Waals surface area contributed by atoms with Crippen molar-refractivity contribution in [3.8, 4) is 6.07 Å². The molecule has 84 valence electrons. The van der Waals surface area contributed by atoms with Crippen LogP contribution in [-0.4, -0.2) is 4.57 Å². The molecule has 0 amide bonds. The zero-order valence-electron chi connectivity index (χ0n) is 9.57. The van der Waals surface area contributed by atoms with E-state index in [9.17, 15) is 4.79 Å². The summed E-state index contributed by atoms with van der Waals surface area (Å²) >= 11 is 0. The van der Waals surface area contributed by atoms with Crippen molar-refractivity contribution in [1.82, 2.24) is 4.57 Å². The van der Waals surface area contributed by atoms with E-state index in [1.165, 1.54) is 12.8 Å². The minimum absolute atomic E-state index is 0.0356. The lowest BCUT2D eigenvalue weighted by Gasteiger charge is -2.17. The van der Waals surface area contributed by atoms with Gasteiger partial charge in [0.05, 0.1) is 12.5 Å². The van der Waals surface area contributed by atoms with E-state index in [1.54, 1.807) is 6.07 Å². The van der Waals surface area contributed by atoms with Gasteiger partial charge in [0.1, 0.15) is 0 Å². The lowest BCUT2D eigenvalue weighted by molar-refractivity contribution is 0.488. The first-order valence-corrected chi connectivity index (χ1v) is 5.82. The molecule has 1 aliphatic carbocycles. The molecule has 0 N–H and O–H groups in total. The molecular weight excluding hydrogens is 200 g/mol. The van der Waals surface area contributed by atoms with E-state index in [4.69, 9.17) is 5.26 Å². The summed E-state index contributed by atoms with van der Waals surface area (Å²) in [4.78, 5) is 12.2. The summed E-state index contributed by atoms with van der Waals surface area (Å²) in [6.45, 7) is 1.97. The Balaban J connectivity index is 2.46. The van der Waals surface area contributed by atoms with Gasteiger partial charge in [0.15, 0.2) is 0 Å². The number of rotatable bonds is 2. The van der Waals surface area contributed by atoms with Gasteiger partial charge in [-0.2, -0.15) is 5.26 Å². The van der Waals surface area contributed by atoms with Gasteiger partial charge in [0.25, 0.3) is 5.56 Å². The van der Waals surface area contributed by atoms with Gasteiger partial charge in [-0.1, -0.05) is 18.9 Å². The number of pyridine rings is 1. The van der Waals surface area contributed by atoms with E-state index in [1.807, 2.05) is 23.6 Å². The molecule has 1 aromatic rings. The lowest BCUT2D eigenvalue weighted by atomic mass is 10.1. The summed E-state index contributed by atoms with van der Waals surface area (Å²) in [5.41, 5.74) is 1.67. The number of aryl methyl sites for hydroxylation is 1. The van der Waals surface area contributed by atoms with Crippen LogP contribution < -0.4 is 5.56 Å². The first kappa shape index (κ1) is 10.9. The van der Waals surface area contributed by atoms with E-state index >= 15 is 0 Å². The summed E-state index contributed by atoms with van der Waals surface area (Å²) in [7, 11) is 0. The highest BCUT2D eigenvalue weighted by Crippen LogP contribution is 2.29. The van der Waals surface area contributed by atoms with Crippen molar-refractivity contribution in [3.05, 3.63) is 33.7 Å². The second-order valence-corrected chi connectivity index (χ2v) is 4.45. The van der Waals surface area contributed by atoms with Crippen molar-refractivity contribution >= 4 is 0 Å². The van der Waals surface area contributed by atoms with Gasteiger partial charge in [-0.3, -0.25) is 4.79 Å². The number of hydrogen-bond donors (Lipinski definition) is 0. The lowest BCUT2D eigenvalue weighted by Crippen LogP contribution is -2.28. The van der Waals surface area contributed by atoms with E-state index < -0.39 is 0 Å². The maximum absolute atomic E-state index is 12.2. The van der Waals surface area contributed by atoms with Crippen LogP contribution in [0, 0.1) is 18.3 Å². The second-order valence-electron chi connectivity index (χ2n) is 4.45. The highest BCUT2D eigenvalue weighted by Gasteiger charge is 2.20. The molecule has 1 saturated carbocycles. The Hall–Kier alpha value is -1.56. The molecule has 3 nitrogen and oxygen atoms in total. The molecule has 0 atom stereocenters. The number of aromatic nitrogens is 1. The van der Waals surface area contributed by atoms with E-state index in [-0.39, 0.29) is 12.0 Å². The summed E-state index contributed by atoms with van der Waals surface area (Å²) in [6.07, 6.45) is 4.82. The summed E-state index contributed by atoms with van der Waals surface area (Å²) < 4.78 is 1.89. The molecule has 0 unspecified atom stereocenters. The molecule has 1 heterocycles. The molecule has 2 rings (SSSR count). The van der Waals surface area contributed by atoms with E-state index in [0.717, 1.165) is 18.5 Å². The fourth-order valence-electron chi connectivity index (χ4n) is 2.52. The highest BCUT2D eigenvalue weighted by molar-refractivity contribution is 5.19. The van der Waals surface area contributed by atoms with Gasteiger partial charge >= 0.3 is 0 Å². The summed E-state index contributed by atoms with van der Waals surface area (Å²) in [5.74, 6) is 0. The molecule has 0 saturated heterocycles. The van der Waals surface area contributed by atoms with Crippen LogP contribution in [0.1, 0.15) is 43.0 Å². The molecule has 0 spiro atoms. The Morgan fingerprint density at radius 2 is 2.12 bits per heavy atom. The maximum Gasteiger partial charge on any atom is 0.255 e. The Labute approximate surface area is 95.3 Å². The van der Waals surface area contributed by atoms with Crippen LogP contribution in [-0.2, 0) is 6.42 Å². The molecule has 16 heavy (non-hydrogen) atoms. The Morgan fingerprint density at radius 3 is 2.75 bits per heavy atom. The number of hydrogen-bond acceptors (Lipinski definition) is 2. The number of nitriles is 1. The largest absolute Gasteiger partial charge is 0.310 e. The fourth-order valence-corrected chi connectivity index (χ4v) is 2.52. The first-order chi connectivity index (χ1) is 7.74. The fraction of sp³-hybridized carbons (Fsp3) is 0.538. The van der Waals surface area contributed by atoms with Gasteiger partial charge in [0.2, 0.25) is 0 Å². The molecule has 1 aliphatic rings. The minimum atomic E-state index is 0.0356. The molecule has 0 bridgehead atoms. The van der Waals surface area contributed by atoms with Crippen LogP contribution in [0.15, 0.2) is 16.9 Å². The van der Waals surface area contributed by atoms with Crippen molar-refractivity contribution < 1.29 is 0 Å². The molecule has 0 radical (unpaired) electrons. The summed E-state index contributed by atoms with van der Waals surface area (Å²) in [5, 5.41) is 8.67. The summed E-state index contributed by atoms with van der Waals surface area (Å²) in [6, 6.07) is 6.14. The third-order valence-electron chi connectivity index (χ3n) is 3.36. The minimum Gasteiger partial charge on any atom is -0.310 e. The van der Waals surface area contributed by atoms with Gasteiger partial charge in [0, 0.05) is 17.3 Å². The normalized spacial score (nSPS) is 16.2. The van der Waals surface area contributed by atoms with Crippen LogP contribution >= 0.6 is 0 Å². The Bertz CT molecular complexity index is 476. The van der Waals surface area contributed by atoms with Crippen molar-refractivity contribution in [1.29, 1.82) is 5.26 Å². The predicted octanol–water partition coefficient (Wildman–Crippen LogP) is 2.34. The quantitative estimate of drug-likeness (QED) is 0.761. The third-order valence-corrected chi connectivity index (χ3v) is 3.36. The maximum atomic E-state index is 12.2. The monoisotopic (exact) mass is 216 g/mol. The Morgan fingerprint density at radius 1 is 1.44 bits per heavy atom. The van der Waals surface area contributed by atoms with E-state index in [2.05, 4.69) is 0 Å². The van der Waals surface area contributed by atoms with Crippen LogP contribution in [0.4, 0.5) is 0 Å². The molecular formula is C13H16N2O. The molecule has 0 aliphatic heterocycles. The zero-order chi connectivity index (χ0) is 11.5. The molecule has 3 heteroatoms. The highest BCUT2D eigenvalue weighted by atomic mass is 16.1. The average Bonchev–Trinajstić information content (AvgIpc) is 2.76. The average molecular weight is 216 g/mol. The zero-order valence-corrected chi connectivity index (χ0v) is 9.57. The topological polar surface area (TPSA) is 45.8 Å². The molecule has 0 aromatic carbocycles. The SMILES string of the molecule is Cc1ccc(CC#N)c(=O)n1C1CCCC1. The predicted molar refractivity (Wildman–Crippen MR) is 62.3 cm³/mol. The van der Waals surface area contributed by atoms with E-state index in [0.29, 0.717) is 11.6 Å². The van der Waals surface area contributed by atoms with Crippen molar-refractivity contribution in [3.63, 3.8) is 0 Å². The van der Waals surface area contributed by atoms with Crippen molar-refractivity contribution in [2.45, 2.75) is 45.1 Å².